The van der Waals surface area contributed by atoms with Gasteiger partial charge in [0, 0.05) is 37.9 Å². The van der Waals surface area contributed by atoms with Crippen LogP contribution in [0.15, 0.2) is 34.9 Å². The predicted octanol–water partition coefficient (Wildman–Crippen LogP) is 2.26. The maximum atomic E-state index is 12.6. The zero-order chi connectivity index (χ0) is 17.4. The van der Waals surface area contributed by atoms with Crippen molar-refractivity contribution < 1.29 is 19.2 Å². The molecular weight excluding hydrogens is 344 g/mol. The highest BCUT2D eigenvalue weighted by molar-refractivity contribution is 6.29. The predicted molar refractivity (Wildman–Crippen MR) is 90.6 cm³/mol. The van der Waals surface area contributed by atoms with Gasteiger partial charge in [-0.2, -0.15) is 0 Å². The van der Waals surface area contributed by atoms with Crippen LogP contribution in [-0.2, 0) is 11.2 Å². The second-order valence-corrected chi connectivity index (χ2v) is 7.18. The molecule has 7 heteroatoms. The largest absolute Gasteiger partial charge is 0.493 e. The summed E-state index contributed by atoms with van der Waals surface area (Å²) in [6, 6.07) is 9.49. The quantitative estimate of drug-likeness (QED) is 0.902. The molecule has 2 aromatic rings. The Morgan fingerprint density at radius 2 is 2.28 bits per heavy atom. The van der Waals surface area contributed by atoms with Crippen molar-refractivity contribution in [3.63, 3.8) is 0 Å². The zero-order valence-corrected chi connectivity index (χ0v) is 14.4. The van der Waals surface area contributed by atoms with Gasteiger partial charge in [0.25, 0.3) is 0 Å². The van der Waals surface area contributed by atoms with E-state index in [1.807, 2.05) is 29.2 Å². The molecule has 6 nitrogen and oxygen atoms in total. The van der Waals surface area contributed by atoms with Crippen LogP contribution >= 0.6 is 11.6 Å². The molecule has 2 atom stereocenters. The van der Waals surface area contributed by atoms with E-state index >= 15 is 0 Å². The number of hydrogen-bond donors (Lipinski definition) is 1. The Morgan fingerprint density at radius 1 is 1.44 bits per heavy atom. The van der Waals surface area contributed by atoms with E-state index in [-0.39, 0.29) is 18.4 Å². The van der Waals surface area contributed by atoms with Crippen molar-refractivity contribution >= 4 is 17.5 Å². The molecule has 0 aliphatic carbocycles. The lowest BCUT2D eigenvalue weighted by Gasteiger charge is -2.37. The number of likely N-dealkylation sites (tertiary alicyclic amines) is 1. The van der Waals surface area contributed by atoms with Gasteiger partial charge in [0.15, 0.2) is 5.15 Å². The molecule has 2 aliphatic rings. The van der Waals surface area contributed by atoms with Crippen LogP contribution in [0.5, 0.6) is 5.75 Å². The molecule has 3 heterocycles. The smallest absolute Gasteiger partial charge is 0.223 e. The molecule has 0 spiro atoms. The summed E-state index contributed by atoms with van der Waals surface area (Å²) in [6.07, 6.45) is 0.779. The molecule has 25 heavy (non-hydrogen) atoms. The minimum Gasteiger partial charge on any atom is -0.493 e. The molecule has 2 aliphatic heterocycles. The first-order valence-corrected chi connectivity index (χ1v) is 8.70. The third-order valence-electron chi connectivity index (χ3n) is 5.24. The highest BCUT2D eigenvalue weighted by atomic mass is 35.5. The molecule has 0 bridgehead atoms. The number of nitrogens with zero attached hydrogens (tertiary/aromatic N) is 2. The number of aryl methyl sites for hydroxylation is 1. The van der Waals surface area contributed by atoms with Crippen molar-refractivity contribution in [2.24, 2.45) is 5.41 Å². The Hall–Kier alpha value is -2.05. The fourth-order valence-electron chi connectivity index (χ4n) is 3.85. The van der Waals surface area contributed by atoms with Gasteiger partial charge in [-0.05, 0) is 11.6 Å². The molecule has 0 saturated carbocycles. The van der Waals surface area contributed by atoms with Crippen LogP contribution in [0, 0.1) is 5.41 Å². The first kappa shape index (κ1) is 16.4. The number of fused-ring (bicyclic) bond motifs is 3. The number of carbonyl (C=O) groups excluding carboxylic acids is 1. The van der Waals surface area contributed by atoms with Gasteiger partial charge in [-0.25, -0.2) is 0 Å². The lowest BCUT2D eigenvalue weighted by Crippen LogP contribution is -2.42. The van der Waals surface area contributed by atoms with E-state index in [0.29, 0.717) is 43.5 Å². The molecule has 0 unspecified atom stereocenters. The molecule has 1 N–H and O–H groups in total. The number of rotatable bonds is 4. The van der Waals surface area contributed by atoms with Crippen molar-refractivity contribution in [1.29, 1.82) is 0 Å². The summed E-state index contributed by atoms with van der Waals surface area (Å²) in [5.74, 6) is 1.57. The normalized spacial score (nSPS) is 24.6. The number of ether oxygens (including phenoxy) is 1. The summed E-state index contributed by atoms with van der Waals surface area (Å²) in [5, 5.41) is 13.9. The fourth-order valence-corrected chi connectivity index (χ4v) is 4.01. The van der Waals surface area contributed by atoms with Crippen LogP contribution in [0.1, 0.15) is 23.7 Å². The SMILES string of the molecule is O=C(CCc1cc(Cl)no1)N1C[C@@H]2c3ccccc3OC[C@]2(CO)C1. The van der Waals surface area contributed by atoms with E-state index < -0.39 is 5.41 Å². The number of aromatic nitrogens is 1. The van der Waals surface area contributed by atoms with Gasteiger partial charge in [0.1, 0.15) is 11.5 Å². The molecular formula is C18H19ClN2O4. The van der Waals surface area contributed by atoms with Gasteiger partial charge < -0.3 is 19.3 Å². The van der Waals surface area contributed by atoms with Crippen molar-refractivity contribution in [2.45, 2.75) is 18.8 Å². The standard InChI is InChI=1S/C18H19ClN2O4/c19-16-7-12(25-20-16)5-6-17(23)21-8-14-13-3-1-2-4-15(13)24-11-18(14,9-21)10-22/h1-4,7,14,22H,5-6,8-11H2/t14-,18-/m1/s1. The van der Waals surface area contributed by atoms with Gasteiger partial charge >= 0.3 is 0 Å². The van der Waals surface area contributed by atoms with Gasteiger partial charge in [-0.1, -0.05) is 35.0 Å². The van der Waals surface area contributed by atoms with E-state index in [1.54, 1.807) is 6.07 Å². The Balaban J connectivity index is 1.49. The number of hydrogen-bond acceptors (Lipinski definition) is 5. The zero-order valence-electron chi connectivity index (χ0n) is 13.7. The average molecular weight is 363 g/mol. The van der Waals surface area contributed by atoms with Crippen LogP contribution in [0.2, 0.25) is 5.15 Å². The van der Waals surface area contributed by atoms with Crippen molar-refractivity contribution in [1.82, 2.24) is 10.1 Å². The maximum absolute atomic E-state index is 12.6. The van der Waals surface area contributed by atoms with E-state index in [9.17, 15) is 9.90 Å². The third kappa shape index (κ3) is 2.89. The first-order valence-electron chi connectivity index (χ1n) is 8.33. The van der Waals surface area contributed by atoms with E-state index in [2.05, 4.69) is 5.16 Å². The molecule has 1 aromatic heterocycles. The third-order valence-corrected chi connectivity index (χ3v) is 5.42. The van der Waals surface area contributed by atoms with E-state index in [4.69, 9.17) is 20.9 Å². The van der Waals surface area contributed by atoms with Crippen LogP contribution in [0.25, 0.3) is 0 Å². The highest BCUT2D eigenvalue weighted by Crippen LogP contribution is 2.49. The molecule has 4 rings (SSSR count). The Labute approximate surface area is 150 Å². The number of amides is 1. The summed E-state index contributed by atoms with van der Waals surface area (Å²) in [4.78, 5) is 14.5. The number of benzene rings is 1. The summed E-state index contributed by atoms with van der Waals surface area (Å²) < 4.78 is 10.9. The first-order chi connectivity index (χ1) is 12.1. The van der Waals surface area contributed by atoms with Gasteiger partial charge in [-0.3, -0.25) is 4.79 Å². The van der Waals surface area contributed by atoms with Crippen LogP contribution < -0.4 is 4.74 Å². The summed E-state index contributed by atoms with van der Waals surface area (Å²) in [6.45, 7) is 1.51. The Morgan fingerprint density at radius 3 is 3.04 bits per heavy atom. The number of para-hydroxylation sites is 1. The molecule has 1 saturated heterocycles. The average Bonchev–Trinajstić information content (AvgIpc) is 3.23. The Bertz CT molecular complexity index is 793. The van der Waals surface area contributed by atoms with Crippen LogP contribution in [-0.4, -0.2) is 47.4 Å². The minimum absolute atomic E-state index is 0.00646. The van der Waals surface area contributed by atoms with E-state index in [1.165, 1.54) is 0 Å². The summed E-state index contributed by atoms with van der Waals surface area (Å²) >= 11 is 5.73. The number of aliphatic hydroxyl groups is 1. The lowest BCUT2D eigenvalue weighted by molar-refractivity contribution is -0.130. The van der Waals surface area contributed by atoms with Gasteiger partial charge in [0.05, 0.1) is 18.6 Å². The second kappa shape index (κ2) is 6.35. The Kier molecular flexibility index (Phi) is 4.17. The van der Waals surface area contributed by atoms with E-state index in [0.717, 1.165) is 11.3 Å². The van der Waals surface area contributed by atoms with Gasteiger partial charge in [-0.15, -0.1) is 0 Å². The van der Waals surface area contributed by atoms with Crippen molar-refractivity contribution in [2.75, 3.05) is 26.3 Å². The second-order valence-electron chi connectivity index (χ2n) is 6.79. The van der Waals surface area contributed by atoms with Crippen molar-refractivity contribution in [3.05, 3.63) is 46.8 Å². The lowest BCUT2D eigenvalue weighted by atomic mass is 9.74. The highest BCUT2D eigenvalue weighted by Gasteiger charge is 2.51. The molecule has 132 valence electrons. The summed E-state index contributed by atoms with van der Waals surface area (Å²) in [7, 11) is 0. The van der Waals surface area contributed by atoms with Gasteiger partial charge in [0.2, 0.25) is 5.91 Å². The molecule has 0 radical (unpaired) electrons. The maximum Gasteiger partial charge on any atom is 0.223 e. The minimum atomic E-state index is -0.431. The number of halogens is 1. The van der Waals surface area contributed by atoms with Crippen LogP contribution in [0.3, 0.4) is 0 Å². The monoisotopic (exact) mass is 362 g/mol. The molecule has 1 fully saturated rings. The topological polar surface area (TPSA) is 75.8 Å². The number of aliphatic hydroxyl groups excluding tert-OH is 1. The van der Waals surface area contributed by atoms with Crippen molar-refractivity contribution in [3.8, 4) is 5.75 Å². The summed E-state index contributed by atoms with van der Waals surface area (Å²) in [5.41, 5.74) is 0.639. The molecule has 1 amide bonds. The fraction of sp³-hybridized carbons (Fsp3) is 0.444. The number of carbonyl (C=O) groups is 1. The van der Waals surface area contributed by atoms with Crippen LogP contribution in [0.4, 0.5) is 0 Å². The molecule has 1 aromatic carbocycles.